The molecular formula is C25H22F2N2O2. The molecule has 3 aromatic carbocycles. The highest BCUT2D eigenvalue weighted by molar-refractivity contribution is 6.08. The molecule has 0 fully saturated rings. The summed E-state index contributed by atoms with van der Waals surface area (Å²) in [7, 11) is 0. The van der Waals surface area contributed by atoms with Crippen molar-refractivity contribution in [2.24, 2.45) is 4.99 Å². The highest BCUT2D eigenvalue weighted by Gasteiger charge is 2.35. The van der Waals surface area contributed by atoms with Gasteiger partial charge in [-0.15, -0.1) is 0 Å². The molecule has 1 atom stereocenters. The van der Waals surface area contributed by atoms with Crippen molar-refractivity contribution in [3.63, 3.8) is 0 Å². The van der Waals surface area contributed by atoms with E-state index in [1.807, 2.05) is 31.2 Å². The number of hydrogen-bond acceptors (Lipinski definition) is 3. The number of ether oxygens (including phenoxy) is 1. The van der Waals surface area contributed by atoms with E-state index in [1.165, 1.54) is 16.5 Å². The van der Waals surface area contributed by atoms with Crippen molar-refractivity contribution in [3.05, 3.63) is 95.1 Å². The number of aryl methyl sites for hydroxylation is 1. The van der Waals surface area contributed by atoms with Gasteiger partial charge in [-0.05, 0) is 42.7 Å². The number of amidine groups is 1. The van der Waals surface area contributed by atoms with E-state index in [2.05, 4.69) is 29.3 Å². The zero-order chi connectivity index (χ0) is 22.0. The highest BCUT2D eigenvalue weighted by Crippen LogP contribution is 2.31. The van der Waals surface area contributed by atoms with Crippen molar-refractivity contribution in [3.8, 4) is 11.1 Å². The van der Waals surface area contributed by atoms with Crippen LogP contribution >= 0.6 is 0 Å². The topological polar surface area (TPSA) is 41.9 Å². The molecule has 1 aliphatic heterocycles. The third-order valence-corrected chi connectivity index (χ3v) is 5.24. The number of hydrogen-bond donors (Lipinski definition) is 0. The number of aliphatic imine (C=N–C) groups is 1. The standard InChI is InChI=1S/C25H22F2N2O2/c1-3-31-25(30)29-15-22(28-24(29)23-20(26)5-4-6-21(23)27)19-13-11-18(12-14-19)17-9-7-16(2)8-10-17/h4-14,22H,3,15H2,1-2H3. The van der Waals surface area contributed by atoms with Crippen LogP contribution in [0.5, 0.6) is 0 Å². The minimum absolute atomic E-state index is 0.0540. The number of carbonyl (C=O) groups is 1. The SMILES string of the molecule is CCOC(=O)N1CC(c2ccc(-c3ccc(C)cc3)cc2)N=C1c1c(F)cccc1F. The zero-order valence-electron chi connectivity index (χ0n) is 17.3. The van der Waals surface area contributed by atoms with Crippen LogP contribution in [0.3, 0.4) is 0 Å². The maximum absolute atomic E-state index is 14.4. The molecule has 0 bridgehead atoms. The molecule has 0 N–H and O–H groups in total. The van der Waals surface area contributed by atoms with E-state index in [4.69, 9.17) is 4.74 Å². The Morgan fingerprint density at radius 1 is 1.00 bits per heavy atom. The van der Waals surface area contributed by atoms with Crippen molar-refractivity contribution in [1.29, 1.82) is 0 Å². The van der Waals surface area contributed by atoms with Crippen molar-refractivity contribution >= 4 is 11.9 Å². The summed E-state index contributed by atoms with van der Waals surface area (Å²) < 4.78 is 33.9. The lowest BCUT2D eigenvalue weighted by Crippen LogP contribution is -2.36. The smallest absolute Gasteiger partial charge is 0.415 e. The molecule has 0 aliphatic carbocycles. The fourth-order valence-electron chi connectivity index (χ4n) is 3.61. The molecule has 0 saturated heterocycles. The number of rotatable bonds is 4. The Bertz CT molecular complexity index is 1110. The lowest BCUT2D eigenvalue weighted by Gasteiger charge is -2.19. The van der Waals surface area contributed by atoms with Gasteiger partial charge in [-0.1, -0.05) is 60.2 Å². The first-order chi connectivity index (χ1) is 15.0. The van der Waals surface area contributed by atoms with E-state index in [0.717, 1.165) is 28.8 Å². The van der Waals surface area contributed by atoms with Crippen LogP contribution in [0, 0.1) is 18.6 Å². The number of amides is 1. The summed E-state index contributed by atoms with van der Waals surface area (Å²) in [5.41, 5.74) is 3.85. The Morgan fingerprint density at radius 3 is 2.16 bits per heavy atom. The van der Waals surface area contributed by atoms with Gasteiger partial charge in [-0.2, -0.15) is 0 Å². The van der Waals surface area contributed by atoms with Gasteiger partial charge < -0.3 is 4.74 Å². The lowest BCUT2D eigenvalue weighted by molar-refractivity contribution is 0.129. The number of halogens is 2. The summed E-state index contributed by atoms with van der Waals surface area (Å²) in [4.78, 5) is 18.2. The summed E-state index contributed by atoms with van der Waals surface area (Å²) in [6.07, 6.45) is -0.678. The van der Waals surface area contributed by atoms with Crippen molar-refractivity contribution in [2.75, 3.05) is 13.2 Å². The lowest BCUT2D eigenvalue weighted by atomic mass is 10.0. The van der Waals surface area contributed by atoms with E-state index in [-0.39, 0.29) is 24.6 Å². The number of benzene rings is 3. The minimum atomic E-state index is -0.775. The molecule has 31 heavy (non-hydrogen) atoms. The van der Waals surface area contributed by atoms with Gasteiger partial charge in [-0.3, -0.25) is 9.89 Å². The van der Waals surface area contributed by atoms with E-state index in [9.17, 15) is 13.6 Å². The Morgan fingerprint density at radius 2 is 1.58 bits per heavy atom. The normalized spacial score (nSPS) is 15.7. The molecule has 0 saturated carbocycles. The first kappa shape index (κ1) is 20.7. The van der Waals surface area contributed by atoms with Crippen LogP contribution in [-0.2, 0) is 4.74 Å². The molecule has 0 spiro atoms. The number of nitrogens with zero attached hydrogens (tertiary/aromatic N) is 2. The van der Waals surface area contributed by atoms with Gasteiger partial charge in [0.15, 0.2) is 0 Å². The first-order valence-electron chi connectivity index (χ1n) is 10.1. The van der Waals surface area contributed by atoms with Crippen LogP contribution in [-0.4, -0.2) is 30.0 Å². The molecule has 4 rings (SSSR count). The molecule has 0 radical (unpaired) electrons. The second-order valence-electron chi connectivity index (χ2n) is 7.36. The monoisotopic (exact) mass is 420 g/mol. The molecule has 4 nitrogen and oxygen atoms in total. The summed E-state index contributed by atoms with van der Waals surface area (Å²) in [5, 5.41) is 0. The largest absolute Gasteiger partial charge is 0.449 e. The molecular weight excluding hydrogens is 398 g/mol. The van der Waals surface area contributed by atoms with Crippen LogP contribution in [0.4, 0.5) is 13.6 Å². The van der Waals surface area contributed by atoms with Crippen molar-refractivity contribution in [1.82, 2.24) is 4.90 Å². The average molecular weight is 420 g/mol. The first-order valence-corrected chi connectivity index (χ1v) is 10.1. The molecule has 6 heteroatoms. The van der Waals surface area contributed by atoms with Crippen molar-refractivity contribution in [2.45, 2.75) is 19.9 Å². The van der Waals surface area contributed by atoms with Gasteiger partial charge in [0.2, 0.25) is 0 Å². The molecule has 0 aromatic heterocycles. The summed E-state index contributed by atoms with van der Waals surface area (Å²) >= 11 is 0. The van der Waals surface area contributed by atoms with Gasteiger partial charge in [0.1, 0.15) is 17.5 Å². The van der Waals surface area contributed by atoms with Crippen molar-refractivity contribution < 1.29 is 18.3 Å². The molecule has 1 amide bonds. The van der Waals surface area contributed by atoms with E-state index < -0.39 is 23.8 Å². The fraction of sp³-hybridized carbons (Fsp3) is 0.200. The predicted molar refractivity (Wildman–Crippen MR) is 116 cm³/mol. The van der Waals surface area contributed by atoms with Gasteiger partial charge in [0, 0.05) is 0 Å². The minimum Gasteiger partial charge on any atom is -0.449 e. The third-order valence-electron chi connectivity index (χ3n) is 5.24. The Hall–Kier alpha value is -3.54. The maximum Gasteiger partial charge on any atom is 0.415 e. The predicted octanol–water partition coefficient (Wildman–Crippen LogP) is 5.90. The van der Waals surface area contributed by atoms with Gasteiger partial charge in [0.05, 0.1) is 24.8 Å². The van der Waals surface area contributed by atoms with E-state index in [1.54, 1.807) is 6.92 Å². The van der Waals surface area contributed by atoms with Gasteiger partial charge >= 0.3 is 6.09 Å². The summed E-state index contributed by atoms with van der Waals surface area (Å²) in [6.45, 7) is 4.01. The highest BCUT2D eigenvalue weighted by atomic mass is 19.1. The molecule has 158 valence electrons. The molecule has 3 aromatic rings. The Balaban J connectivity index is 1.67. The van der Waals surface area contributed by atoms with Crippen LogP contribution in [0.1, 0.15) is 29.7 Å². The molecule has 1 heterocycles. The second kappa shape index (κ2) is 8.68. The molecule has 1 unspecified atom stereocenters. The summed E-state index contributed by atoms with van der Waals surface area (Å²) in [5.74, 6) is -1.60. The second-order valence-corrected chi connectivity index (χ2v) is 7.36. The average Bonchev–Trinajstić information content (AvgIpc) is 3.20. The quantitative estimate of drug-likeness (QED) is 0.527. The summed E-state index contributed by atoms with van der Waals surface area (Å²) in [6, 6.07) is 19.1. The van der Waals surface area contributed by atoms with E-state index in [0.29, 0.717) is 0 Å². The van der Waals surface area contributed by atoms with Crippen LogP contribution in [0.2, 0.25) is 0 Å². The Kier molecular flexibility index (Phi) is 5.80. The maximum atomic E-state index is 14.4. The van der Waals surface area contributed by atoms with Crippen LogP contribution in [0.15, 0.2) is 71.7 Å². The van der Waals surface area contributed by atoms with Gasteiger partial charge in [-0.25, -0.2) is 13.6 Å². The van der Waals surface area contributed by atoms with Crippen LogP contribution < -0.4 is 0 Å². The fourth-order valence-corrected chi connectivity index (χ4v) is 3.61. The number of carbonyl (C=O) groups excluding carboxylic acids is 1. The van der Waals surface area contributed by atoms with Gasteiger partial charge in [0.25, 0.3) is 0 Å². The third kappa shape index (κ3) is 4.19. The molecule has 1 aliphatic rings. The zero-order valence-corrected chi connectivity index (χ0v) is 17.3. The van der Waals surface area contributed by atoms with E-state index >= 15 is 0 Å². The van der Waals surface area contributed by atoms with Crippen LogP contribution in [0.25, 0.3) is 11.1 Å². The Labute approximate surface area is 179 Å².